The summed E-state index contributed by atoms with van der Waals surface area (Å²) in [5, 5.41) is 4.57. The highest BCUT2D eigenvalue weighted by Gasteiger charge is 2.15. The highest BCUT2D eigenvalue weighted by atomic mass is 32.2. The van der Waals surface area contributed by atoms with Gasteiger partial charge < -0.3 is 5.32 Å². The molecule has 4 nitrogen and oxygen atoms in total. The Labute approximate surface area is 107 Å². The molecule has 0 atom stereocenters. The van der Waals surface area contributed by atoms with Crippen molar-refractivity contribution >= 4 is 20.8 Å². The Morgan fingerprint density at radius 3 is 2.50 bits per heavy atom. The van der Waals surface area contributed by atoms with E-state index >= 15 is 0 Å². The van der Waals surface area contributed by atoms with Crippen molar-refractivity contribution in [1.29, 1.82) is 0 Å². The third kappa shape index (κ3) is 2.69. The van der Waals surface area contributed by atoms with Gasteiger partial charge in [-0.2, -0.15) is 0 Å². The molecule has 96 valence electrons. The Bertz CT molecular complexity index is 633. The highest BCUT2D eigenvalue weighted by molar-refractivity contribution is 7.89. The molecule has 0 spiro atoms. The number of rotatable bonds is 5. The molecule has 0 aliphatic carbocycles. The average molecular weight is 264 g/mol. The molecule has 2 N–H and O–H groups in total. The molecule has 0 aromatic heterocycles. The van der Waals surface area contributed by atoms with Crippen LogP contribution in [-0.4, -0.2) is 28.6 Å². The van der Waals surface area contributed by atoms with E-state index in [-0.39, 0.29) is 0 Å². The van der Waals surface area contributed by atoms with E-state index in [1.54, 1.807) is 19.2 Å². The zero-order chi connectivity index (χ0) is 13.0. The monoisotopic (exact) mass is 264 g/mol. The van der Waals surface area contributed by atoms with Gasteiger partial charge in [-0.3, -0.25) is 0 Å². The normalized spacial score (nSPS) is 11.8. The molecule has 2 aromatic rings. The van der Waals surface area contributed by atoms with Crippen LogP contribution < -0.4 is 10.0 Å². The highest BCUT2D eigenvalue weighted by Crippen LogP contribution is 2.22. The number of benzene rings is 2. The zero-order valence-electron chi connectivity index (χ0n) is 10.2. The fourth-order valence-electron chi connectivity index (χ4n) is 1.82. The van der Waals surface area contributed by atoms with Crippen molar-refractivity contribution in [3.63, 3.8) is 0 Å². The van der Waals surface area contributed by atoms with Crippen molar-refractivity contribution in [2.45, 2.75) is 4.90 Å². The van der Waals surface area contributed by atoms with Gasteiger partial charge >= 0.3 is 0 Å². The summed E-state index contributed by atoms with van der Waals surface area (Å²) in [6.45, 7) is 0.978. The lowest BCUT2D eigenvalue weighted by molar-refractivity contribution is 0.580. The maximum atomic E-state index is 12.2. The molecular formula is C13H16N2O2S. The van der Waals surface area contributed by atoms with Crippen molar-refractivity contribution in [2.24, 2.45) is 0 Å². The molecule has 0 aliphatic rings. The summed E-state index contributed by atoms with van der Waals surface area (Å²) in [4.78, 5) is 0.330. The summed E-state index contributed by atoms with van der Waals surface area (Å²) in [6, 6.07) is 12.8. The van der Waals surface area contributed by atoms with Crippen LogP contribution in [0.15, 0.2) is 47.4 Å². The summed E-state index contributed by atoms with van der Waals surface area (Å²) >= 11 is 0. The molecule has 0 saturated heterocycles. The zero-order valence-corrected chi connectivity index (χ0v) is 11.0. The van der Waals surface area contributed by atoms with E-state index in [4.69, 9.17) is 0 Å². The maximum absolute atomic E-state index is 12.2. The number of likely N-dealkylation sites (N-methyl/N-ethyl adjacent to an activating group) is 1. The van der Waals surface area contributed by atoms with E-state index in [1.165, 1.54) is 0 Å². The SMILES string of the molecule is CNCCNS(=O)(=O)c1cccc2ccccc12. The van der Waals surface area contributed by atoms with Gasteiger partial charge in [0.2, 0.25) is 10.0 Å². The van der Waals surface area contributed by atoms with Gasteiger partial charge in [-0.05, 0) is 18.5 Å². The van der Waals surface area contributed by atoms with Gasteiger partial charge in [0.25, 0.3) is 0 Å². The van der Waals surface area contributed by atoms with Crippen LogP contribution in [0.25, 0.3) is 10.8 Å². The smallest absolute Gasteiger partial charge is 0.241 e. The lowest BCUT2D eigenvalue weighted by Crippen LogP contribution is -2.30. The maximum Gasteiger partial charge on any atom is 0.241 e. The topological polar surface area (TPSA) is 58.2 Å². The van der Waals surface area contributed by atoms with Crippen LogP contribution in [0.4, 0.5) is 0 Å². The molecule has 2 rings (SSSR count). The molecule has 0 heterocycles. The Morgan fingerprint density at radius 1 is 1.00 bits per heavy atom. The Balaban J connectivity index is 2.41. The molecular weight excluding hydrogens is 248 g/mol. The first-order valence-electron chi connectivity index (χ1n) is 5.77. The Hall–Kier alpha value is -1.43. The van der Waals surface area contributed by atoms with E-state index in [0.29, 0.717) is 18.0 Å². The van der Waals surface area contributed by atoms with E-state index in [2.05, 4.69) is 10.0 Å². The van der Waals surface area contributed by atoms with E-state index < -0.39 is 10.0 Å². The van der Waals surface area contributed by atoms with Crippen molar-refractivity contribution < 1.29 is 8.42 Å². The molecule has 0 aliphatic heterocycles. The predicted molar refractivity (Wildman–Crippen MR) is 73.1 cm³/mol. The molecule has 0 radical (unpaired) electrons. The van der Waals surface area contributed by atoms with Gasteiger partial charge in [-0.15, -0.1) is 0 Å². The Kier molecular flexibility index (Phi) is 3.96. The number of hydrogen-bond donors (Lipinski definition) is 2. The lowest BCUT2D eigenvalue weighted by Gasteiger charge is -2.09. The molecule has 2 aromatic carbocycles. The van der Waals surface area contributed by atoms with Gasteiger partial charge in [0.15, 0.2) is 0 Å². The molecule has 0 saturated carbocycles. The fraction of sp³-hybridized carbons (Fsp3) is 0.231. The van der Waals surface area contributed by atoms with Crippen LogP contribution in [0.3, 0.4) is 0 Å². The molecule has 0 unspecified atom stereocenters. The van der Waals surface area contributed by atoms with Crippen LogP contribution in [0.2, 0.25) is 0 Å². The second-order valence-electron chi connectivity index (χ2n) is 3.98. The second-order valence-corrected chi connectivity index (χ2v) is 5.71. The van der Waals surface area contributed by atoms with E-state index in [9.17, 15) is 8.42 Å². The Morgan fingerprint density at radius 2 is 1.72 bits per heavy atom. The average Bonchev–Trinajstić information content (AvgIpc) is 2.38. The third-order valence-corrected chi connectivity index (χ3v) is 4.23. The quantitative estimate of drug-likeness (QED) is 0.801. The fourth-order valence-corrected chi connectivity index (χ4v) is 3.08. The van der Waals surface area contributed by atoms with E-state index in [0.717, 1.165) is 10.8 Å². The summed E-state index contributed by atoms with van der Waals surface area (Å²) in [6.07, 6.45) is 0. The van der Waals surface area contributed by atoms with Crippen LogP contribution in [0.1, 0.15) is 0 Å². The van der Waals surface area contributed by atoms with E-state index in [1.807, 2.05) is 30.3 Å². The van der Waals surface area contributed by atoms with Crippen molar-refractivity contribution in [3.8, 4) is 0 Å². The number of hydrogen-bond acceptors (Lipinski definition) is 3. The summed E-state index contributed by atoms with van der Waals surface area (Å²) in [5.41, 5.74) is 0. The minimum absolute atomic E-state index is 0.330. The largest absolute Gasteiger partial charge is 0.318 e. The molecule has 0 bridgehead atoms. The second kappa shape index (κ2) is 5.48. The number of fused-ring (bicyclic) bond motifs is 1. The molecule has 5 heteroatoms. The lowest BCUT2D eigenvalue weighted by atomic mass is 10.1. The number of sulfonamides is 1. The summed E-state index contributed by atoms with van der Waals surface area (Å²) < 4.78 is 26.9. The van der Waals surface area contributed by atoms with Gasteiger partial charge in [-0.25, -0.2) is 13.1 Å². The number of nitrogens with one attached hydrogen (secondary N) is 2. The molecule has 0 amide bonds. The first-order chi connectivity index (χ1) is 8.65. The van der Waals surface area contributed by atoms with Crippen molar-refractivity contribution in [2.75, 3.05) is 20.1 Å². The molecule has 0 fully saturated rings. The van der Waals surface area contributed by atoms with Gasteiger partial charge in [0.1, 0.15) is 0 Å². The van der Waals surface area contributed by atoms with Crippen LogP contribution >= 0.6 is 0 Å². The van der Waals surface area contributed by atoms with Crippen LogP contribution in [0.5, 0.6) is 0 Å². The van der Waals surface area contributed by atoms with Crippen LogP contribution in [0, 0.1) is 0 Å². The first kappa shape index (κ1) is 13.0. The van der Waals surface area contributed by atoms with Gasteiger partial charge in [0, 0.05) is 18.5 Å². The third-order valence-electron chi connectivity index (χ3n) is 2.71. The minimum Gasteiger partial charge on any atom is -0.318 e. The predicted octanol–water partition coefficient (Wildman–Crippen LogP) is 1.34. The van der Waals surface area contributed by atoms with Crippen molar-refractivity contribution in [1.82, 2.24) is 10.0 Å². The van der Waals surface area contributed by atoms with Gasteiger partial charge in [-0.1, -0.05) is 36.4 Å². The van der Waals surface area contributed by atoms with Gasteiger partial charge in [0.05, 0.1) is 4.90 Å². The summed E-state index contributed by atoms with van der Waals surface area (Å²) in [5.74, 6) is 0. The summed E-state index contributed by atoms with van der Waals surface area (Å²) in [7, 11) is -1.67. The standard InChI is InChI=1S/C13H16N2O2S/c1-14-9-10-15-18(16,17)13-8-4-6-11-5-2-3-7-12(11)13/h2-8,14-15H,9-10H2,1H3. The first-order valence-corrected chi connectivity index (χ1v) is 7.25. The van der Waals surface area contributed by atoms with Crippen molar-refractivity contribution in [3.05, 3.63) is 42.5 Å². The molecule has 18 heavy (non-hydrogen) atoms. The minimum atomic E-state index is -3.45. The van der Waals surface area contributed by atoms with Crippen LogP contribution in [-0.2, 0) is 10.0 Å².